The van der Waals surface area contributed by atoms with Gasteiger partial charge < -0.3 is 14.5 Å². The van der Waals surface area contributed by atoms with Gasteiger partial charge in [0.25, 0.3) is 0 Å². The normalized spacial score (nSPS) is 11.0. The molecule has 0 radical (unpaired) electrons. The Bertz CT molecular complexity index is 998. The minimum absolute atomic E-state index is 0.731. The van der Waals surface area contributed by atoms with E-state index in [4.69, 9.17) is 9.15 Å². The first-order valence-corrected chi connectivity index (χ1v) is 8.44. The summed E-state index contributed by atoms with van der Waals surface area (Å²) in [5, 5.41) is 4.45. The van der Waals surface area contributed by atoms with Gasteiger partial charge in [-0.3, -0.25) is 9.97 Å². The number of ether oxygens (including phenoxy) is 1. The van der Waals surface area contributed by atoms with E-state index >= 15 is 0 Å². The molecule has 0 aliphatic rings. The Morgan fingerprint density at radius 3 is 2.50 bits per heavy atom. The van der Waals surface area contributed by atoms with Gasteiger partial charge in [-0.2, -0.15) is 0 Å². The van der Waals surface area contributed by atoms with E-state index in [2.05, 4.69) is 27.4 Å². The lowest BCUT2D eigenvalue weighted by Crippen LogP contribution is -2.12. The number of aromatic nitrogens is 2. The smallest absolute Gasteiger partial charge is 0.176 e. The van der Waals surface area contributed by atoms with Crippen molar-refractivity contribution in [1.82, 2.24) is 15.3 Å². The highest BCUT2D eigenvalue weighted by Gasteiger charge is 2.12. The van der Waals surface area contributed by atoms with E-state index in [1.807, 2.05) is 36.5 Å². The summed E-state index contributed by atoms with van der Waals surface area (Å²) in [6.07, 6.45) is 7.19. The monoisotopic (exact) mass is 345 g/mol. The molecular weight excluding hydrogens is 326 g/mol. The van der Waals surface area contributed by atoms with E-state index in [0.717, 1.165) is 52.3 Å². The third-order valence-corrected chi connectivity index (χ3v) is 4.19. The van der Waals surface area contributed by atoms with Gasteiger partial charge in [0.2, 0.25) is 0 Å². The third kappa shape index (κ3) is 3.43. The molecule has 0 unspecified atom stereocenters. The van der Waals surface area contributed by atoms with Crippen LogP contribution in [0.25, 0.3) is 22.3 Å². The van der Waals surface area contributed by atoms with Gasteiger partial charge >= 0.3 is 0 Å². The number of hydrogen-bond donors (Lipinski definition) is 1. The van der Waals surface area contributed by atoms with E-state index < -0.39 is 0 Å². The maximum absolute atomic E-state index is 6.01. The van der Waals surface area contributed by atoms with Gasteiger partial charge in [-0.05, 0) is 47.5 Å². The summed E-state index contributed by atoms with van der Waals surface area (Å²) in [4.78, 5) is 8.29. The summed E-state index contributed by atoms with van der Waals surface area (Å²) in [6, 6.07) is 14.0. The molecule has 0 amide bonds. The lowest BCUT2D eigenvalue weighted by molar-refractivity contribution is 0.410. The standard InChI is InChI=1S/C21H19N3O2/c1-25-20-9-16(13-24-12-15-4-2-6-22-11-15)8-18-10-19(26-21(18)20)17-5-3-7-23-14-17/h2-11,14,24H,12-13H2,1H3. The van der Waals surface area contributed by atoms with Crippen molar-refractivity contribution in [3.63, 3.8) is 0 Å². The van der Waals surface area contributed by atoms with Crippen molar-refractivity contribution in [2.45, 2.75) is 13.1 Å². The fraction of sp³-hybridized carbons (Fsp3) is 0.143. The fourth-order valence-corrected chi connectivity index (χ4v) is 2.94. The summed E-state index contributed by atoms with van der Waals surface area (Å²) < 4.78 is 11.5. The zero-order valence-corrected chi connectivity index (χ0v) is 14.5. The second-order valence-corrected chi connectivity index (χ2v) is 6.03. The highest BCUT2D eigenvalue weighted by atomic mass is 16.5. The first kappa shape index (κ1) is 16.3. The molecule has 5 nitrogen and oxygen atoms in total. The molecule has 4 aromatic rings. The highest BCUT2D eigenvalue weighted by Crippen LogP contribution is 2.34. The number of methoxy groups -OCH3 is 1. The average Bonchev–Trinajstić information content (AvgIpc) is 3.13. The fourth-order valence-electron chi connectivity index (χ4n) is 2.94. The van der Waals surface area contributed by atoms with Crippen LogP contribution in [-0.4, -0.2) is 17.1 Å². The number of nitrogens with one attached hydrogen (secondary N) is 1. The summed E-state index contributed by atoms with van der Waals surface area (Å²) >= 11 is 0. The van der Waals surface area contributed by atoms with Crippen molar-refractivity contribution in [3.8, 4) is 17.1 Å². The van der Waals surface area contributed by atoms with E-state index in [1.165, 1.54) is 0 Å². The zero-order valence-electron chi connectivity index (χ0n) is 14.5. The van der Waals surface area contributed by atoms with Gasteiger partial charge in [-0.25, -0.2) is 0 Å². The number of nitrogens with zero attached hydrogens (tertiary/aromatic N) is 2. The molecule has 3 heterocycles. The third-order valence-electron chi connectivity index (χ3n) is 4.19. The van der Waals surface area contributed by atoms with Crippen LogP contribution in [0.3, 0.4) is 0 Å². The molecule has 0 aliphatic heterocycles. The molecule has 3 aromatic heterocycles. The Labute approximate surface area is 151 Å². The highest BCUT2D eigenvalue weighted by molar-refractivity contribution is 5.88. The second kappa shape index (κ2) is 7.37. The lowest BCUT2D eigenvalue weighted by Gasteiger charge is -2.07. The molecule has 0 bridgehead atoms. The Balaban J connectivity index is 1.58. The van der Waals surface area contributed by atoms with Crippen molar-refractivity contribution in [1.29, 1.82) is 0 Å². The molecule has 0 saturated carbocycles. The Kier molecular flexibility index (Phi) is 4.62. The predicted octanol–water partition coefficient (Wildman–Crippen LogP) is 4.19. The molecule has 0 atom stereocenters. The van der Waals surface area contributed by atoms with Crippen LogP contribution >= 0.6 is 0 Å². The largest absolute Gasteiger partial charge is 0.493 e. The maximum Gasteiger partial charge on any atom is 0.176 e. The Morgan fingerprint density at radius 1 is 0.962 bits per heavy atom. The summed E-state index contributed by atoms with van der Waals surface area (Å²) in [5.41, 5.74) is 3.99. The molecule has 5 heteroatoms. The van der Waals surface area contributed by atoms with Crippen LogP contribution in [-0.2, 0) is 13.1 Å². The average molecular weight is 345 g/mol. The van der Waals surface area contributed by atoms with Gasteiger partial charge in [0, 0.05) is 48.8 Å². The second-order valence-electron chi connectivity index (χ2n) is 6.03. The molecule has 1 N–H and O–H groups in total. The van der Waals surface area contributed by atoms with Crippen LogP contribution < -0.4 is 10.1 Å². The van der Waals surface area contributed by atoms with E-state index in [0.29, 0.717) is 0 Å². The lowest BCUT2D eigenvalue weighted by atomic mass is 10.1. The van der Waals surface area contributed by atoms with Crippen molar-refractivity contribution < 1.29 is 9.15 Å². The van der Waals surface area contributed by atoms with Gasteiger partial charge in [0.05, 0.1) is 7.11 Å². The Hall–Kier alpha value is -3.18. The number of furan rings is 1. The first-order valence-electron chi connectivity index (χ1n) is 8.44. The molecule has 0 aliphatic carbocycles. The minimum atomic E-state index is 0.731. The molecule has 4 rings (SSSR count). The molecule has 130 valence electrons. The van der Waals surface area contributed by atoms with Gasteiger partial charge in [-0.1, -0.05) is 6.07 Å². The van der Waals surface area contributed by atoms with Crippen molar-refractivity contribution in [2.75, 3.05) is 7.11 Å². The van der Waals surface area contributed by atoms with Crippen LogP contribution in [0.4, 0.5) is 0 Å². The predicted molar refractivity (Wildman–Crippen MR) is 101 cm³/mol. The first-order chi connectivity index (χ1) is 12.8. The number of rotatable bonds is 6. The zero-order chi connectivity index (χ0) is 17.8. The van der Waals surface area contributed by atoms with Gasteiger partial charge in [-0.15, -0.1) is 0 Å². The minimum Gasteiger partial charge on any atom is -0.493 e. The van der Waals surface area contributed by atoms with Crippen molar-refractivity contribution >= 4 is 11.0 Å². The topological polar surface area (TPSA) is 60.2 Å². The molecule has 0 fully saturated rings. The molecule has 0 saturated heterocycles. The quantitative estimate of drug-likeness (QED) is 0.568. The maximum atomic E-state index is 6.01. The van der Waals surface area contributed by atoms with Gasteiger partial charge in [0.15, 0.2) is 11.3 Å². The van der Waals surface area contributed by atoms with Crippen LogP contribution in [0.5, 0.6) is 5.75 Å². The Morgan fingerprint density at radius 2 is 1.77 bits per heavy atom. The molecule has 0 spiro atoms. The summed E-state index contributed by atoms with van der Waals surface area (Å²) in [5.74, 6) is 1.52. The SMILES string of the molecule is COc1cc(CNCc2cccnc2)cc2cc(-c3cccnc3)oc12. The van der Waals surface area contributed by atoms with E-state index in [-0.39, 0.29) is 0 Å². The number of hydrogen-bond acceptors (Lipinski definition) is 5. The van der Waals surface area contributed by atoms with Crippen molar-refractivity contribution in [2.24, 2.45) is 0 Å². The van der Waals surface area contributed by atoms with E-state index in [9.17, 15) is 0 Å². The van der Waals surface area contributed by atoms with Crippen LogP contribution in [0, 0.1) is 0 Å². The van der Waals surface area contributed by atoms with Crippen LogP contribution in [0.2, 0.25) is 0 Å². The molecule has 26 heavy (non-hydrogen) atoms. The van der Waals surface area contributed by atoms with Crippen LogP contribution in [0.1, 0.15) is 11.1 Å². The number of benzene rings is 1. The van der Waals surface area contributed by atoms with E-state index in [1.54, 1.807) is 25.7 Å². The van der Waals surface area contributed by atoms with Gasteiger partial charge in [0.1, 0.15) is 5.76 Å². The number of pyridine rings is 2. The molecule has 1 aromatic carbocycles. The molecular formula is C21H19N3O2. The van der Waals surface area contributed by atoms with Crippen molar-refractivity contribution in [3.05, 3.63) is 78.4 Å². The summed E-state index contributed by atoms with van der Waals surface area (Å²) in [7, 11) is 1.66. The van der Waals surface area contributed by atoms with Crippen LogP contribution in [0.15, 0.2) is 71.7 Å². The number of fused-ring (bicyclic) bond motifs is 1. The summed E-state index contributed by atoms with van der Waals surface area (Å²) in [6.45, 7) is 1.50.